The van der Waals surface area contributed by atoms with E-state index in [9.17, 15) is 24.1 Å². The first-order chi connectivity index (χ1) is 17.4. The minimum atomic E-state index is -1.18. The molecular weight excluding hydrogens is 476 g/mol. The normalized spacial score (nSPS) is 40.9. The van der Waals surface area contributed by atoms with Gasteiger partial charge < -0.3 is 19.5 Å². The number of halogens is 1. The van der Waals surface area contributed by atoms with E-state index < -0.39 is 42.1 Å². The molecule has 8 atom stereocenters. The van der Waals surface area contributed by atoms with Crippen molar-refractivity contribution < 1.29 is 33.5 Å². The molecule has 2 bridgehead atoms. The van der Waals surface area contributed by atoms with E-state index in [0.29, 0.717) is 23.9 Å². The lowest BCUT2D eigenvalue weighted by Gasteiger charge is -2.61. The minimum Gasteiger partial charge on any atom is -0.445 e. The summed E-state index contributed by atoms with van der Waals surface area (Å²) in [6, 6.07) is 2.59. The van der Waals surface area contributed by atoms with E-state index in [1.165, 1.54) is 12.1 Å². The maximum Gasteiger partial charge on any atom is 0.491 e. The molecule has 9 heteroatoms. The van der Waals surface area contributed by atoms with E-state index in [0.717, 1.165) is 12.8 Å². The molecule has 0 saturated heterocycles. The van der Waals surface area contributed by atoms with Gasteiger partial charge in [-0.2, -0.15) is 0 Å². The molecule has 0 unspecified atom stereocenters. The molecule has 0 spiro atoms. The van der Waals surface area contributed by atoms with Crippen molar-refractivity contribution in [3.05, 3.63) is 36.2 Å². The molecule has 1 heterocycles. The molecule has 0 radical (unpaired) electrons. The van der Waals surface area contributed by atoms with Crippen molar-refractivity contribution in [3.8, 4) is 0 Å². The van der Waals surface area contributed by atoms with Gasteiger partial charge in [0.25, 0.3) is 0 Å². The second-order valence-corrected chi connectivity index (χ2v) is 12.3. The Morgan fingerprint density at radius 3 is 2.76 bits per heavy atom. The average Bonchev–Trinajstić information content (AvgIpc) is 3.40. The van der Waals surface area contributed by atoms with Crippen LogP contribution in [0.3, 0.4) is 0 Å². The fraction of sp³-hybridized carbons (Fsp3) is 0.643. The number of carbonyl (C=O) groups is 2. The van der Waals surface area contributed by atoms with Crippen LogP contribution < -0.4 is 10.8 Å². The van der Waals surface area contributed by atoms with Crippen molar-refractivity contribution in [2.24, 2.45) is 34.0 Å². The van der Waals surface area contributed by atoms with Crippen LogP contribution >= 0.6 is 0 Å². The summed E-state index contributed by atoms with van der Waals surface area (Å²) in [5.74, 6) is -0.866. The molecular formula is C28H37BFNO6. The SMILES string of the molecule is C=C[C@]1(C)C[C@@H](OC(=O)Nc2cc3c(cc2F)COB3O)[C@]2(C)[C@H](C)CC[C@]3(CCC(=O)[C@H]32)[C@@H](C)[C@@H]1O. The highest BCUT2D eigenvalue weighted by Crippen LogP contribution is 2.68. The molecule has 3 fully saturated rings. The van der Waals surface area contributed by atoms with Gasteiger partial charge in [0.15, 0.2) is 0 Å². The Kier molecular flexibility index (Phi) is 6.36. The topological polar surface area (TPSA) is 105 Å². The van der Waals surface area contributed by atoms with Crippen molar-refractivity contribution >= 4 is 30.1 Å². The summed E-state index contributed by atoms with van der Waals surface area (Å²) in [5.41, 5.74) is -0.994. The molecule has 1 aromatic rings. The van der Waals surface area contributed by atoms with Crippen LogP contribution in [0.25, 0.3) is 0 Å². The second-order valence-electron chi connectivity index (χ2n) is 12.3. The van der Waals surface area contributed by atoms with Crippen LogP contribution in [-0.2, 0) is 20.8 Å². The van der Waals surface area contributed by atoms with Crippen LogP contribution in [0.5, 0.6) is 0 Å². The molecule has 3 N–H and O–H groups in total. The molecule has 1 aliphatic heterocycles. The Balaban J connectivity index is 1.52. The molecule has 3 aliphatic carbocycles. The van der Waals surface area contributed by atoms with Gasteiger partial charge in [-0.15, -0.1) is 6.58 Å². The van der Waals surface area contributed by atoms with E-state index in [4.69, 9.17) is 9.39 Å². The fourth-order valence-corrected chi connectivity index (χ4v) is 8.11. The number of aliphatic hydroxyl groups excluding tert-OH is 1. The van der Waals surface area contributed by atoms with Gasteiger partial charge in [-0.05, 0) is 66.1 Å². The number of hydrogen-bond acceptors (Lipinski definition) is 6. The number of Topliss-reactive ketones (excluding diaryl/α,β-unsaturated/α-hetero) is 1. The standard InChI is InChI=1S/C28H37BFNO6/c1-6-26(4)13-22(37-25(34)31-20-12-18-17(11-19(20)30)14-36-29(18)35)27(5)15(2)7-9-28(16(3)24(26)33)10-8-21(32)23(27)28/h6,11-12,15-16,22-24,33,35H,1,7-10,13-14H2,2-5H3,(H,31,34)/t15-,16+,22-,23+,24+,26-,27+,28+/m1/s1. The quantitative estimate of drug-likeness (QED) is 0.418. The Labute approximate surface area is 217 Å². The van der Waals surface area contributed by atoms with Crippen LogP contribution in [0.15, 0.2) is 24.8 Å². The van der Waals surface area contributed by atoms with Gasteiger partial charge in [0.05, 0.1) is 18.4 Å². The van der Waals surface area contributed by atoms with E-state index in [2.05, 4.69) is 32.7 Å². The number of benzene rings is 1. The second kappa shape index (κ2) is 8.92. The Hall–Kier alpha value is -2.23. The molecule has 3 saturated carbocycles. The number of amides is 1. The third-order valence-electron chi connectivity index (χ3n) is 10.7. The fourth-order valence-electron chi connectivity index (χ4n) is 8.11. The maximum atomic E-state index is 14.8. The van der Waals surface area contributed by atoms with E-state index in [-0.39, 0.29) is 47.7 Å². The zero-order valence-corrected chi connectivity index (χ0v) is 22.1. The lowest BCUT2D eigenvalue weighted by Crippen LogP contribution is -2.63. The maximum absolute atomic E-state index is 14.8. The van der Waals surface area contributed by atoms with Crippen molar-refractivity contribution in [3.63, 3.8) is 0 Å². The summed E-state index contributed by atoms with van der Waals surface area (Å²) in [4.78, 5) is 26.8. The summed E-state index contributed by atoms with van der Waals surface area (Å²) in [6.07, 6.45) is 2.58. The number of fused-ring (bicyclic) bond motifs is 1. The third kappa shape index (κ3) is 3.80. The summed E-state index contributed by atoms with van der Waals surface area (Å²) in [7, 11) is -1.18. The smallest absolute Gasteiger partial charge is 0.445 e. The van der Waals surface area contributed by atoms with Gasteiger partial charge in [-0.3, -0.25) is 10.1 Å². The van der Waals surface area contributed by atoms with E-state index >= 15 is 0 Å². The van der Waals surface area contributed by atoms with Crippen molar-refractivity contribution in [2.45, 2.75) is 78.6 Å². The molecule has 37 heavy (non-hydrogen) atoms. The number of carbonyl (C=O) groups excluding carboxylic acids is 2. The Bertz CT molecular complexity index is 1150. The van der Waals surface area contributed by atoms with Crippen LogP contribution in [0.1, 0.15) is 65.4 Å². The lowest BCUT2D eigenvalue weighted by atomic mass is 9.44. The van der Waals surface area contributed by atoms with Crippen molar-refractivity contribution in [1.82, 2.24) is 0 Å². The Morgan fingerprint density at radius 2 is 2.05 bits per heavy atom. The molecule has 1 aromatic carbocycles. The predicted molar refractivity (Wildman–Crippen MR) is 137 cm³/mol. The summed E-state index contributed by atoms with van der Waals surface area (Å²) in [6.45, 7) is 12.2. The zero-order chi connectivity index (χ0) is 26.9. The first-order valence-corrected chi connectivity index (χ1v) is 13.3. The predicted octanol–water partition coefficient (Wildman–Crippen LogP) is 3.96. The zero-order valence-electron chi connectivity index (χ0n) is 22.1. The number of rotatable bonds is 3. The lowest BCUT2D eigenvalue weighted by molar-refractivity contribution is -0.190. The molecule has 1 amide bonds. The highest BCUT2D eigenvalue weighted by Gasteiger charge is 2.68. The third-order valence-corrected chi connectivity index (χ3v) is 10.7. The monoisotopic (exact) mass is 513 g/mol. The van der Waals surface area contributed by atoms with Gasteiger partial charge in [-0.1, -0.05) is 33.8 Å². The van der Waals surface area contributed by atoms with Gasteiger partial charge in [0, 0.05) is 23.2 Å². The molecule has 4 aliphatic rings. The van der Waals surface area contributed by atoms with Gasteiger partial charge in [0.1, 0.15) is 17.7 Å². The van der Waals surface area contributed by atoms with Crippen LogP contribution in [0, 0.1) is 39.8 Å². The van der Waals surface area contributed by atoms with Crippen LogP contribution in [0.2, 0.25) is 0 Å². The molecule has 7 nitrogen and oxygen atoms in total. The first kappa shape index (κ1) is 26.4. The number of hydrogen-bond donors (Lipinski definition) is 3. The van der Waals surface area contributed by atoms with Gasteiger partial charge in [-0.25, -0.2) is 9.18 Å². The number of ketones is 1. The number of aliphatic hydroxyl groups is 1. The van der Waals surface area contributed by atoms with Crippen LogP contribution in [0.4, 0.5) is 14.9 Å². The van der Waals surface area contributed by atoms with Crippen molar-refractivity contribution in [1.29, 1.82) is 0 Å². The number of anilines is 1. The number of nitrogens with one attached hydrogen (secondary N) is 1. The average molecular weight is 513 g/mol. The number of ether oxygens (including phenoxy) is 1. The minimum absolute atomic E-state index is 0.0889. The molecule has 200 valence electrons. The largest absolute Gasteiger partial charge is 0.491 e. The van der Waals surface area contributed by atoms with Gasteiger partial charge >= 0.3 is 13.2 Å². The summed E-state index contributed by atoms with van der Waals surface area (Å²) >= 11 is 0. The van der Waals surface area contributed by atoms with Crippen molar-refractivity contribution in [2.75, 3.05) is 5.32 Å². The Morgan fingerprint density at radius 1 is 1.32 bits per heavy atom. The highest BCUT2D eigenvalue weighted by molar-refractivity contribution is 6.61. The molecule has 5 rings (SSSR count). The molecule has 0 aromatic heterocycles. The summed E-state index contributed by atoms with van der Waals surface area (Å²) < 4.78 is 26.0. The highest BCUT2D eigenvalue weighted by atomic mass is 19.1. The van der Waals surface area contributed by atoms with Crippen LogP contribution in [-0.4, -0.2) is 41.3 Å². The van der Waals surface area contributed by atoms with E-state index in [1.807, 2.05) is 6.92 Å². The summed E-state index contributed by atoms with van der Waals surface area (Å²) in [5, 5.41) is 24.1. The first-order valence-electron chi connectivity index (χ1n) is 13.3. The van der Waals surface area contributed by atoms with Gasteiger partial charge in [0.2, 0.25) is 0 Å². The van der Waals surface area contributed by atoms with E-state index in [1.54, 1.807) is 6.08 Å².